The van der Waals surface area contributed by atoms with Gasteiger partial charge in [0.2, 0.25) is 5.91 Å². The van der Waals surface area contributed by atoms with Gasteiger partial charge in [0.1, 0.15) is 0 Å². The highest BCUT2D eigenvalue weighted by atomic mass is 16.1. The number of piperidine rings is 1. The molecule has 4 heteroatoms. The van der Waals surface area contributed by atoms with Crippen LogP contribution < -0.4 is 5.73 Å². The average molecular weight is 223 g/mol. The second kappa shape index (κ2) is 5.31. The molecule has 0 aromatic heterocycles. The molecule has 1 aliphatic rings. The summed E-state index contributed by atoms with van der Waals surface area (Å²) < 4.78 is 0. The summed E-state index contributed by atoms with van der Waals surface area (Å²) in [5, 5.41) is 8.94. The number of carbonyl (C=O) groups is 1. The molecule has 0 saturated carbocycles. The van der Waals surface area contributed by atoms with E-state index in [-0.39, 0.29) is 17.4 Å². The molecule has 1 saturated heterocycles. The first-order chi connectivity index (χ1) is 7.46. The molecule has 2 N–H and O–H groups in total. The van der Waals surface area contributed by atoms with E-state index in [0.717, 1.165) is 38.8 Å². The van der Waals surface area contributed by atoms with Gasteiger partial charge in [0.15, 0.2) is 0 Å². The quantitative estimate of drug-likeness (QED) is 0.780. The van der Waals surface area contributed by atoms with Gasteiger partial charge in [-0.25, -0.2) is 0 Å². The Kier molecular flexibility index (Phi) is 4.31. The lowest BCUT2D eigenvalue weighted by Gasteiger charge is -2.34. The van der Waals surface area contributed by atoms with Crippen LogP contribution in [-0.4, -0.2) is 29.9 Å². The van der Waals surface area contributed by atoms with E-state index >= 15 is 0 Å². The van der Waals surface area contributed by atoms with Crippen LogP contribution in [0, 0.1) is 16.7 Å². The number of nitrogens with two attached hydrogens (primary N) is 1. The van der Waals surface area contributed by atoms with Crippen LogP contribution in [0.25, 0.3) is 0 Å². The number of hydrogen-bond donors (Lipinski definition) is 1. The van der Waals surface area contributed by atoms with Crippen LogP contribution in [0.5, 0.6) is 0 Å². The van der Waals surface area contributed by atoms with Gasteiger partial charge in [-0.15, -0.1) is 0 Å². The van der Waals surface area contributed by atoms with E-state index in [1.807, 2.05) is 13.8 Å². The van der Waals surface area contributed by atoms with Crippen molar-refractivity contribution >= 4 is 5.91 Å². The van der Waals surface area contributed by atoms with Crippen molar-refractivity contribution in [1.82, 2.24) is 4.90 Å². The van der Waals surface area contributed by atoms with Crippen LogP contribution in [0.1, 0.15) is 39.5 Å². The van der Waals surface area contributed by atoms with Crippen molar-refractivity contribution < 1.29 is 4.79 Å². The van der Waals surface area contributed by atoms with Crippen LogP contribution in [0.15, 0.2) is 0 Å². The topological polar surface area (TPSA) is 70.1 Å². The molecule has 0 aromatic carbocycles. The van der Waals surface area contributed by atoms with Gasteiger partial charge in [-0.1, -0.05) is 6.42 Å². The highest BCUT2D eigenvalue weighted by Gasteiger charge is 2.28. The van der Waals surface area contributed by atoms with Gasteiger partial charge in [-0.2, -0.15) is 5.26 Å². The minimum absolute atomic E-state index is 0.122. The fourth-order valence-electron chi connectivity index (χ4n) is 2.06. The molecule has 0 spiro atoms. The Bertz CT molecular complexity index is 293. The van der Waals surface area contributed by atoms with Crippen LogP contribution >= 0.6 is 0 Å². The molecule has 16 heavy (non-hydrogen) atoms. The third-order valence-corrected chi connectivity index (χ3v) is 3.27. The predicted molar refractivity (Wildman–Crippen MR) is 62.4 cm³/mol. The molecular formula is C12H21N3O. The molecule has 0 aliphatic carbocycles. The summed E-state index contributed by atoms with van der Waals surface area (Å²) in [6.45, 7) is 5.57. The third-order valence-electron chi connectivity index (χ3n) is 3.27. The molecule has 4 nitrogen and oxygen atoms in total. The predicted octanol–water partition coefficient (Wildman–Crippen LogP) is 1.27. The zero-order chi connectivity index (χ0) is 12.2. The number of nitrogens with zero attached hydrogens (tertiary/aromatic N) is 2. The molecule has 0 bridgehead atoms. The Morgan fingerprint density at radius 2 is 2.25 bits per heavy atom. The van der Waals surface area contributed by atoms with Crippen LogP contribution in [-0.2, 0) is 4.79 Å². The minimum Gasteiger partial charge on any atom is -0.368 e. The van der Waals surface area contributed by atoms with Gasteiger partial charge in [0, 0.05) is 6.54 Å². The van der Waals surface area contributed by atoms with Crippen LogP contribution in [0.3, 0.4) is 0 Å². The van der Waals surface area contributed by atoms with E-state index in [2.05, 4.69) is 11.0 Å². The molecule has 1 fully saturated rings. The van der Waals surface area contributed by atoms with Gasteiger partial charge in [-0.05, 0) is 39.7 Å². The Labute approximate surface area is 97.4 Å². The van der Waals surface area contributed by atoms with Crippen LogP contribution in [0.4, 0.5) is 0 Å². The zero-order valence-corrected chi connectivity index (χ0v) is 10.2. The Morgan fingerprint density at radius 3 is 2.81 bits per heavy atom. The summed E-state index contributed by atoms with van der Waals surface area (Å²) in [5.41, 5.74) is 5.06. The van der Waals surface area contributed by atoms with Crippen molar-refractivity contribution in [3.63, 3.8) is 0 Å². The number of nitriles is 1. The maximum atomic E-state index is 11.3. The monoisotopic (exact) mass is 223 g/mol. The summed E-state index contributed by atoms with van der Waals surface area (Å²) in [5.74, 6) is -0.227. The number of carbonyl (C=O) groups excluding carboxylic acids is 1. The number of hydrogen-bond acceptors (Lipinski definition) is 3. The Hall–Kier alpha value is -1.08. The molecule has 1 heterocycles. The fourth-order valence-corrected chi connectivity index (χ4v) is 2.06. The van der Waals surface area contributed by atoms with Gasteiger partial charge in [-0.3, -0.25) is 9.69 Å². The van der Waals surface area contributed by atoms with Crippen molar-refractivity contribution in [3.05, 3.63) is 0 Å². The van der Waals surface area contributed by atoms with Crippen molar-refractivity contribution in [2.24, 2.45) is 11.1 Å². The first kappa shape index (κ1) is 13.0. The summed E-state index contributed by atoms with van der Waals surface area (Å²) in [6, 6.07) is 2.16. The largest absolute Gasteiger partial charge is 0.368 e. The van der Waals surface area contributed by atoms with Crippen molar-refractivity contribution in [2.75, 3.05) is 13.1 Å². The summed E-state index contributed by atoms with van der Waals surface area (Å²) in [7, 11) is 0. The van der Waals surface area contributed by atoms with Crippen molar-refractivity contribution in [1.29, 1.82) is 5.26 Å². The SMILES string of the molecule is CC(C)(C#N)CCN1CCCCC1C(N)=O. The molecule has 0 aromatic rings. The smallest absolute Gasteiger partial charge is 0.234 e. The van der Waals surface area contributed by atoms with Crippen molar-refractivity contribution in [3.8, 4) is 6.07 Å². The number of primary amides is 1. The number of rotatable bonds is 4. The molecule has 1 amide bonds. The second-order valence-corrected chi connectivity index (χ2v) is 5.20. The Balaban J connectivity index is 2.51. The molecule has 1 aliphatic heterocycles. The molecule has 90 valence electrons. The van der Waals surface area contributed by atoms with E-state index in [0.29, 0.717) is 0 Å². The molecular weight excluding hydrogens is 202 g/mol. The molecule has 1 atom stereocenters. The average Bonchev–Trinajstić information content (AvgIpc) is 2.27. The lowest BCUT2D eigenvalue weighted by Crippen LogP contribution is -2.48. The minimum atomic E-state index is -0.320. The standard InChI is InChI=1S/C12H21N3O/c1-12(2,9-13)6-8-15-7-4-3-5-10(15)11(14)16/h10H,3-8H2,1-2H3,(H2,14,16). The van der Waals surface area contributed by atoms with Gasteiger partial charge < -0.3 is 5.73 Å². The van der Waals surface area contributed by atoms with E-state index in [4.69, 9.17) is 11.0 Å². The normalized spacial score (nSPS) is 22.7. The highest BCUT2D eigenvalue weighted by Crippen LogP contribution is 2.23. The summed E-state index contributed by atoms with van der Waals surface area (Å²) in [4.78, 5) is 13.4. The van der Waals surface area contributed by atoms with Gasteiger partial charge in [0.25, 0.3) is 0 Å². The first-order valence-corrected chi connectivity index (χ1v) is 5.91. The highest BCUT2D eigenvalue weighted by molar-refractivity contribution is 5.79. The van der Waals surface area contributed by atoms with Gasteiger partial charge in [0.05, 0.1) is 17.5 Å². The first-order valence-electron chi connectivity index (χ1n) is 5.91. The number of amides is 1. The van der Waals surface area contributed by atoms with Gasteiger partial charge >= 0.3 is 0 Å². The van der Waals surface area contributed by atoms with Crippen molar-refractivity contribution in [2.45, 2.75) is 45.6 Å². The third kappa shape index (κ3) is 3.49. The fraction of sp³-hybridized carbons (Fsp3) is 0.833. The van der Waals surface area contributed by atoms with E-state index in [1.165, 1.54) is 0 Å². The van der Waals surface area contributed by atoms with E-state index < -0.39 is 0 Å². The summed E-state index contributed by atoms with van der Waals surface area (Å²) >= 11 is 0. The van der Waals surface area contributed by atoms with Crippen LogP contribution in [0.2, 0.25) is 0 Å². The van der Waals surface area contributed by atoms with E-state index in [1.54, 1.807) is 0 Å². The molecule has 0 radical (unpaired) electrons. The van der Waals surface area contributed by atoms with E-state index in [9.17, 15) is 4.79 Å². The molecule has 1 rings (SSSR count). The summed E-state index contributed by atoms with van der Waals surface area (Å²) in [6.07, 6.45) is 3.85. The number of likely N-dealkylation sites (tertiary alicyclic amines) is 1. The maximum Gasteiger partial charge on any atom is 0.234 e. The zero-order valence-electron chi connectivity index (χ0n) is 10.2. The molecule has 1 unspecified atom stereocenters. The Morgan fingerprint density at radius 1 is 1.56 bits per heavy atom. The lowest BCUT2D eigenvalue weighted by molar-refractivity contribution is -0.124. The maximum absolute atomic E-state index is 11.3. The lowest BCUT2D eigenvalue weighted by atomic mass is 9.90. The second-order valence-electron chi connectivity index (χ2n) is 5.20.